The fourth-order valence-corrected chi connectivity index (χ4v) is 2.05. The molecule has 2 aliphatic carbocycles. The molecule has 0 aromatic carbocycles. The summed E-state index contributed by atoms with van der Waals surface area (Å²) in [6.45, 7) is 0.280. The molecule has 2 rings (SSSR count). The van der Waals surface area contributed by atoms with E-state index in [-0.39, 0.29) is 30.6 Å². The van der Waals surface area contributed by atoms with Gasteiger partial charge in [-0.15, -0.1) is 0 Å². The number of amidine groups is 1. The van der Waals surface area contributed by atoms with E-state index >= 15 is 0 Å². The van der Waals surface area contributed by atoms with Crippen LogP contribution in [-0.2, 0) is 0 Å². The van der Waals surface area contributed by atoms with Gasteiger partial charge in [0.1, 0.15) is 11.4 Å². The van der Waals surface area contributed by atoms with Crippen molar-refractivity contribution >= 4 is 5.84 Å². The van der Waals surface area contributed by atoms with E-state index in [0.717, 1.165) is 12.8 Å². The first kappa shape index (κ1) is 12.5. The van der Waals surface area contributed by atoms with Crippen molar-refractivity contribution in [2.75, 3.05) is 6.54 Å². The number of oxime groups is 1. The average molecular weight is 251 g/mol. The summed E-state index contributed by atoms with van der Waals surface area (Å²) in [7, 11) is 0. The predicted molar refractivity (Wildman–Crippen MR) is 55.7 cm³/mol. The highest BCUT2D eigenvalue weighted by molar-refractivity contribution is 5.80. The topological polar surface area (TPSA) is 70.6 Å². The van der Waals surface area contributed by atoms with Gasteiger partial charge < -0.3 is 16.3 Å². The Labute approximate surface area is 97.0 Å². The van der Waals surface area contributed by atoms with E-state index < -0.39 is 11.7 Å². The predicted octanol–water partition coefficient (Wildman–Crippen LogP) is 1.59. The number of nitrogens with zero attached hydrogens (tertiary/aromatic N) is 1. The molecule has 4 nitrogen and oxygen atoms in total. The normalized spacial score (nSPS) is 25.7. The Hall–Kier alpha value is -0.980. The van der Waals surface area contributed by atoms with Crippen LogP contribution < -0.4 is 11.1 Å². The molecule has 0 spiro atoms. The fraction of sp³-hybridized carbons (Fsp3) is 0.900. The summed E-state index contributed by atoms with van der Waals surface area (Å²) >= 11 is 0. The lowest BCUT2D eigenvalue weighted by molar-refractivity contribution is -0.166. The third kappa shape index (κ3) is 2.48. The van der Waals surface area contributed by atoms with Crippen molar-refractivity contribution in [1.82, 2.24) is 5.32 Å². The number of alkyl halides is 3. The molecule has 2 saturated carbocycles. The van der Waals surface area contributed by atoms with Crippen LogP contribution in [0.25, 0.3) is 0 Å². The molecule has 2 fully saturated rings. The van der Waals surface area contributed by atoms with Crippen LogP contribution in [0.1, 0.15) is 32.1 Å². The lowest BCUT2D eigenvalue weighted by Crippen LogP contribution is -2.47. The van der Waals surface area contributed by atoms with Crippen LogP contribution in [0.4, 0.5) is 13.2 Å². The zero-order valence-corrected chi connectivity index (χ0v) is 9.35. The van der Waals surface area contributed by atoms with Crippen LogP contribution in [0, 0.1) is 5.41 Å². The van der Waals surface area contributed by atoms with Gasteiger partial charge >= 0.3 is 6.18 Å². The van der Waals surface area contributed by atoms with E-state index in [1.807, 2.05) is 0 Å². The van der Waals surface area contributed by atoms with E-state index in [2.05, 4.69) is 10.5 Å². The van der Waals surface area contributed by atoms with E-state index in [0.29, 0.717) is 6.42 Å². The SMILES string of the molecule is NC(CC1(CNC2(C(F)(F)F)CC2)CC1)=NO. The highest BCUT2D eigenvalue weighted by atomic mass is 19.4. The number of halogens is 3. The molecule has 0 radical (unpaired) electrons. The van der Waals surface area contributed by atoms with Gasteiger partial charge in [0, 0.05) is 13.0 Å². The molecule has 0 saturated heterocycles. The minimum absolute atomic E-state index is 0.0844. The second-order valence-corrected chi connectivity index (χ2v) is 5.20. The molecule has 0 heterocycles. The van der Waals surface area contributed by atoms with Gasteiger partial charge in [-0.1, -0.05) is 5.16 Å². The Morgan fingerprint density at radius 3 is 2.24 bits per heavy atom. The maximum absolute atomic E-state index is 12.7. The molecule has 98 valence electrons. The summed E-state index contributed by atoms with van der Waals surface area (Å²) < 4.78 is 38.0. The monoisotopic (exact) mass is 251 g/mol. The van der Waals surface area contributed by atoms with Gasteiger partial charge in [0.15, 0.2) is 0 Å². The smallest absolute Gasteiger partial charge is 0.406 e. The van der Waals surface area contributed by atoms with E-state index in [1.165, 1.54) is 0 Å². The average Bonchev–Trinajstić information content (AvgIpc) is 3.09. The number of hydrogen-bond acceptors (Lipinski definition) is 3. The first-order valence-electron chi connectivity index (χ1n) is 5.61. The third-order valence-electron chi connectivity index (χ3n) is 3.74. The van der Waals surface area contributed by atoms with Crippen molar-refractivity contribution in [2.45, 2.75) is 43.8 Å². The van der Waals surface area contributed by atoms with Crippen LogP contribution in [-0.4, -0.2) is 29.3 Å². The zero-order chi connectivity index (χ0) is 12.7. The summed E-state index contributed by atoms with van der Waals surface area (Å²) in [4.78, 5) is 0. The van der Waals surface area contributed by atoms with Crippen LogP contribution in [0.2, 0.25) is 0 Å². The molecule has 0 amide bonds. The lowest BCUT2D eigenvalue weighted by atomic mass is 10.0. The standard InChI is InChI=1S/C10H16F3N3O/c11-10(12,13)9(3-4-9)15-6-8(1-2-8)5-7(14)16-17/h15,17H,1-6H2,(H2,14,16). The van der Waals surface area contributed by atoms with Gasteiger partial charge in [-0.05, 0) is 31.1 Å². The maximum Gasteiger partial charge on any atom is 0.406 e. The quantitative estimate of drug-likeness (QED) is 0.301. The van der Waals surface area contributed by atoms with Gasteiger partial charge in [0.25, 0.3) is 0 Å². The second-order valence-electron chi connectivity index (χ2n) is 5.20. The van der Waals surface area contributed by atoms with Gasteiger partial charge in [-0.3, -0.25) is 0 Å². The summed E-state index contributed by atoms with van der Waals surface area (Å²) in [6.07, 6.45) is -1.88. The molecule has 0 aromatic heterocycles. The van der Waals surface area contributed by atoms with Crippen molar-refractivity contribution in [3.8, 4) is 0 Å². The molecule has 17 heavy (non-hydrogen) atoms. The minimum Gasteiger partial charge on any atom is -0.409 e. The molecular formula is C10H16F3N3O. The summed E-state index contributed by atoms with van der Waals surface area (Å²) in [5.74, 6) is 0.0844. The summed E-state index contributed by atoms with van der Waals surface area (Å²) in [5.41, 5.74) is 3.48. The Kier molecular flexibility index (Phi) is 2.76. The number of nitrogens with two attached hydrogens (primary N) is 1. The Balaban J connectivity index is 1.87. The van der Waals surface area contributed by atoms with Crippen LogP contribution in [0.3, 0.4) is 0 Å². The zero-order valence-electron chi connectivity index (χ0n) is 9.35. The Morgan fingerprint density at radius 1 is 1.29 bits per heavy atom. The molecule has 0 aliphatic heterocycles. The van der Waals surface area contributed by atoms with Gasteiger partial charge in [0.05, 0.1) is 0 Å². The molecule has 0 bridgehead atoms. The number of nitrogens with one attached hydrogen (secondary N) is 1. The van der Waals surface area contributed by atoms with Crippen LogP contribution in [0.15, 0.2) is 5.16 Å². The number of rotatable bonds is 5. The van der Waals surface area contributed by atoms with Gasteiger partial charge in [0.2, 0.25) is 0 Å². The first-order chi connectivity index (χ1) is 7.83. The van der Waals surface area contributed by atoms with Gasteiger partial charge in [-0.25, -0.2) is 0 Å². The van der Waals surface area contributed by atoms with Crippen molar-refractivity contribution in [3.05, 3.63) is 0 Å². The second kappa shape index (κ2) is 3.76. The van der Waals surface area contributed by atoms with Crippen LogP contribution in [0.5, 0.6) is 0 Å². The molecular weight excluding hydrogens is 235 g/mol. The highest BCUT2D eigenvalue weighted by Crippen LogP contribution is 2.52. The third-order valence-corrected chi connectivity index (χ3v) is 3.74. The highest BCUT2D eigenvalue weighted by Gasteiger charge is 2.64. The van der Waals surface area contributed by atoms with E-state index in [1.54, 1.807) is 0 Å². The Bertz CT molecular complexity index is 332. The Morgan fingerprint density at radius 2 is 1.88 bits per heavy atom. The molecule has 0 aromatic rings. The lowest BCUT2D eigenvalue weighted by Gasteiger charge is -2.24. The molecule has 0 unspecified atom stereocenters. The van der Waals surface area contributed by atoms with E-state index in [4.69, 9.17) is 10.9 Å². The van der Waals surface area contributed by atoms with Crippen molar-refractivity contribution in [1.29, 1.82) is 0 Å². The molecule has 7 heteroatoms. The van der Waals surface area contributed by atoms with Crippen LogP contribution >= 0.6 is 0 Å². The minimum atomic E-state index is -4.18. The summed E-state index contributed by atoms with van der Waals surface area (Å²) in [6, 6.07) is 0. The fourth-order valence-electron chi connectivity index (χ4n) is 2.05. The largest absolute Gasteiger partial charge is 0.409 e. The van der Waals surface area contributed by atoms with Crippen molar-refractivity contribution in [2.24, 2.45) is 16.3 Å². The maximum atomic E-state index is 12.7. The molecule has 0 atom stereocenters. The van der Waals surface area contributed by atoms with Crippen molar-refractivity contribution < 1.29 is 18.4 Å². The van der Waals surface area contributed by atoms with E-state index in [9.17, 15) is 13.2 Å². The molecule has 2 aliphatic rings. The first-order valence-corrected chi connectivity index (χ1v) is 5.61. The number of hydrogen-bond donors (Lipinski definition) is 3. The van der Waals surface area contributed by atoms with Crippen molar-refractivity contribution in [3.63, 3.8) is 0 Å². The molecule has 4 N–H and O–H groups in total. The van der Waals surface area contributed by atoms with Gasteiger partial charge in [-0.2, -0.15) is 13.2 Å². The summed E-state index contributed by atoms with van der Waals surface area (Å²) in [5, 5.41) is 14.0.